The van der Waals surface area contributed by atoms with Crippen molar-refractivity contribution in [2.45, 2.75) is 5.60 Å². The third-order valence-electron chi connectivity index (χ3n) is 3.83. The van der Waals surface area contributed by atoms with Crippen LogP contribution in [0.5, 0.6) is 5.75 Å². The number of amides is 2. The number of ether oxygens (including phenoxy) is 2. The molecular formula is C17H15NO4. The topological polar surface area (TPSA) is 55.8 Å². The quantitative estimate of drug-likeness (QED) is 0.640. The molecule has 0 unspecified atom stereocenters. The molecule has 2 aromatic carbocycles. The van der Waals surface area contributed by atoms with E-state index in [4.69, 9.17) is 9.47 Å². The Morgan fingerprint density at radius 3 is 1.95 bits per heavy atom. The summed E-state index contributed by atoms with van der Waals surface area (Å²) in [5, 5.41) is 0. The van der Waals surface area contributed by atoms with Crippen molar-refractivity contribution in [3.05, 3.63) is 60.2 Å². The summed E-state index contributed by atoms with van der Waals surface area (Å²) in [5.74, 6) is -0.127. The molecule has 3 rings (SSSR count). The molecule has 5 heteroatoms. The van der Waals surface area contributed by atoms with Crippen LogP contribution in [0, 0.1) is 0 Å². The van der Waals surface area contributed by atoms with Crippen LogP contribution in [-0.2, 0) is 19.9 Å². The SMILES string of the molecule is COc1ccc(N2C(=O)C(OC)(c3ccccc3)C2=O)cc1. The summed E-state index contributed by atoms with van der Waals surface area (Å²) in [5.41, 5.74) is -0.502. The lowest BCUT2D eigenvalue weighted by Crippen LogP contribution is -2.70. The number of β-lactam (4-membered cyclic amide) rings is 2. The van der Waals surface area contributed by atoms with Crippen LogP contribution in [0.4, 0.5) is 5.69 Å². The van der Waals surface area contributed by atoms with Crippen LogP contribution in [0.15, 0.2) is 54.6 Å². The van der Waals surface area contributed by atoms with Gasteiger partial charge < -0.3 is 9.47 Å². The Labute approximate surface area is 128 Å². The zero-order chi connectivity index (χ0) is 15.7. The zero-order valence-electron chi connectivity index (χ0n) is 12.3. The minimum absolute atomic E-state index is 0.392. The van der Waals surface area contributed by atoms with Gasteiger partial charge >= 0.3 is 0 Å². The summed E-state index contributed by atoms with van der Waals surface area (Å²) in [4.78, 5) is 26.4. The lowest BCUT2D eigenvalue weighted by molar-refractivity contribution is -0.168. The minimum Gasteiger partial charge on any atom is -0.497 e. The van der Waals surface area contributed by atoms with Crippen LogP contribution < -0.4 is 9.64 Å². The number of hydrogen-bond donors (Lipinski definition) is 0. The van der Waals surface area contributed by atoms with Gasteiger partial charge in [-0.3, -0.25) is 9.59 Å². The van der Waals surface area contributed by atoms with Crippen LogP contribution in [0.1, 0.15) is 5.56 Å². The van der Waals surface area contributed by atoms with Crippen molar-refractivity contribution in [2.24, 2.45) is 0 Å². The standard InChI is InChI=1S/C17H15NO4/c1-21-14-10-8-13(9-11-14)18-15(19)17(22-2,16(18)20)12-6-4-3-5-7-12/h3-11H,1-2H3. The summed E-state index contributed by atoms with van der Waals surface area (Å²) in [6.45, 7) is 0. The maximum atomic E-state index is 12.6. The van der Waals surface area contributed by atoms with E-state index in [0.717, 1.165) is 4.90 Å². The average molecular weight is 297 g/mol. The van der Waals surface area contributed by atoms with Gasteiger partial charge in [0.2, 0.25) is 0 Å². The molecule has 1 heterocycles. The van der Waals surface area contributed by atoms with E-state index in [1.807, 2.05) is 6.07 Å². The van der Waals surface area contributed by atoms with E-state index >= 15 is 0 Å². The van der Waals surface area contributed by atoms with Crippen LogP contribution in [0.3, 0.4) is 0 Å². The fourth-order valence-corrected chi connectivity index (χ4v) is 2.62. The predicted molar refractivity (Wildman–Crippen MR) is 80.6 cm³/mol. The molecule has 1 saturated heterocycles. The number of nitrogens with zero attached hydrogens (tertiary/aromatic N) is 1. The summed E-state index contributed by atoms with van der Waals surface area (Å²) < 4.78 is 10.4. The highest BCUT2D eigenvalue weighted by molar-refractivity contribution is 6.38. The molecule has 1 aliphatic heterocycles. The van der Waals surface area contributed by atoms with E-state index in [0.29, 0.717) is 17.0 Å². The Bertz CT molecular complexity index is 693. The monoisotopic (exact) mass is 297 g/mol. The van der Waals surface area contributed by atoms with E-state index < -0.39 is 17.4 Å². The molecule has 112 valence electrons. The number of rotatable bonds is 4. The molecule has 2 amide bonds. The van der Waals surface area contributed by atoms with Gasteiger partial charge in [-0.15, -0.1) is 0 Å². The molecule has 1 fully saturated rings. The molecule has 0 bridgehead atoms. The fraction of sp³-hybridized carbons (Fsp3) is 0.176. The van der Waals surface area contributed by atoms with Crippen molar-refractivity contribution in [3.8, 4) is 5.75 Å². The zero-order valence-corrected chi connectivity index (χ0v) is 12.3. The molecule has 5 nitrogen and oxygen atoms in total. The molecule has 0 N–H and O–H groups in total. The minimum atomic E-state index is -1.54. The van der Waals surface area contributed by atoms with E-state index in [-0.39, 0.29) is 0 Å². The average Bonchev–Trinajstić information content (AvgIpc) is 2.58. The second-order valence-corrected chi connectivity index (χ2v) is 4.90. The van der Waals surface area contributed by atoms with Gasteiger partial charge in [0, 0.05) is 12.7 Å². The second-order valence-electron chi connectivity index (χ2n) is 4.90. The first-order chi connectivity index (χ1) is 10.6. The van der Waals surface area contributed by atoms with Gasteiger partial charge in [0.25, 0.3) is 17.4 Å². The fourth-order valence-electron chi connectivity index (χ4n) is 2.62. The van der Waals surface area contributed by atoms with Crippen molar-refractivity contribution in [3.63, 3.8) is 0 Å². The van der Waals surface area contributed by atoms with Gasteiger partial charge in [-0.1, -0.05) is 30.3 Å². The molecular weight excluding hydrogens is 282 g/mol. The largest absolute Gasteiger partial charge is 0.497 e. The van der Waals surface area contributed by atoms with Gasteiger partial charge in [0.15, 0.2) is 0 Å². The molecule has 0 radical (unpaired) electrons. The normalized spacial score (nSPS) is 16.4. The third kappa shape index (κ3) is 1.83. The van der Waals surface area contributed by atoms with Crippen LogP contribution in [0.2, 0.25) is 0 Å². The number of hydrogen-bond acceptors (Lipinski definition) is 4. The van der Waals surface area contributed by atoms with E-state index in [9.17, 15) is 9.59 Å². The van der Waals surface area contributed by atoms with Crippen LogP contribution in [-0.4, -0.2) is 26.0 Å². The summed E-state index contributed by atoms with van der Waals surface area (Å²) in [7, 11) is 2.93. The molecule has 1 aliphatic rings. The molecule has 0 aromatic heterocycles. The van der Waals surface area contributed by atoms with E-state index in [1.165, 1.54) is 7.11 Å². The molecule has 22 heavy (non-hydrogen) atoms. The molecule has 0 spiro atoms. The van der Waals surface area contributed by atoms with Crippen LogP contribution in [0.25, 0.3) is 0 Å². The molecule has 0 saturated carbocycles. The smallest absolute Gasteiger partial charge is 0.280 e. The number of carbonyl (C=O) groups excluding carboxylic acids is 2. The number of methoxy groups -OCH3 is 2. The van der Waals surface area contributed by atoms with E-state index in [1.54, 1.807) is 55.6 Å². The summed E-state index contributed by atoms with van der Waals surface area (Å²) >= 11 is 0. The first kappa shape index (κ1) is 14.3. The predicted octanol–water partition coefficient (Wildman–Crippen LogP) is 2.11. The molecule has 0 atom stereocenters. The number of benzene rings is 2. The summed E-state index contributed by atoms with van der Waals surface area (Å²) in [6, 6.07) is 15.5. The van der Waals surface area contributed by atoms with Crippen molar-refractivity contribution < 1.29 is 19.1 Å². The lowest BCUT2D eigenvalue weighted by atomic mass is 9.83. The Balaban J connectivity index is 1.96. The lowest BCUT2D eigenvalue weighted by Gasteiger charge is -2.44. The summed E-state index contributed by atoms with van der Waals surface area (Å²) in [6.07, 6.45) is 0. The van der Waals surface area contributed by atoms with Gasteiger partial charge in [-0.05, 0) is 24.3 Å². The first-order valence-corrected chi connectivity index (χ1v) is 6.79. The number of anilines is 1. The van der Waals surface area contributed by atoms with Gasteiger partial charge in [-0.25, -0.2) is 4.90 Å². The maximum Gasteiger partial charge on any atom is 0.280 e. The van der Waals surface area contributed by atoms with Gasteiger partial charge in [-0.2, -0.15) is 0 Å². The maximum absolute atomic E-state index is 12.6. The highest BCUT2D eigenvalue weighted by Gasteiger charge is 2.63. The van der Waals surface area contributed by atoms with Crippen LogP contribution >= 0.6 is 0 Å². The third-order valence-corrected chi connectivity index (χ3v) is 3.83. The Kier molecular flexibility index (Phi) is 3.42. The number of imide groups is 1. The van der Waals surface area contributed by atoms with E-state index in [2.05, 4.69) is 0 Å². The van der Waals surface area contributed by atoms with Gasteiger partial charge in [0.1, 0.15) is 5.75 Å². The second kappa shape index (κ2) is 5.27. The number of carbonyl (C=O) groups is 2. The Morgan fingerprint density at radius 1 is 0.864 bits per heavy atom. The van der Waals surface area contributed by atoms with Crippen molar-refractivity contribution >= 4 is 17.5 Å². The molecule has 0 aliphatic carbocycles. The Morgan fingerprint density at radius 2 is 1.45 bits per heavy atom. The van der Waals surface area contributed by atoms with Crippen molar-refractivity contribution in [1.29, 1.82) is 0 Å². The highest BCUT2D eigenvalue weighted by Crippen LogP contribution is 2.41. The first-order valence-electron chi connectivity index (χ1n) is 6.79. The molecule has 2 aromatic rings. The Hall–Kier alpha value is -2.66. The van der Waals surface area contributed by atoms with Crippen molar-refractivity contribution in [2.75, 3.05) is 19.1 Å². The van der Waals surface area contributed by atoms with Crippen molar-refractivity contribution in [1.82, 2.24) is 0 Å². The highest BCUT2D eigenvalue weighted by atomic mass is 16.5. The van der Waals surface area contributed by atoms with Gasteiger partial charge in [0.05, 0.1) is 12.8 Å².